The van der Waals surface area contributed by atoms with Crippen LogP contribution in [0, 0.1) is 26.8 Å². The quantitative estimate of drug-likeness (QED) is 0.132. The van der Waals surface area contributed by atoms with Crippen LogP contribution in [0.1, 0.15) is 37.1 Å². The number of aromatic nitrogens is 8. The van der Waals surface area contributed by atoms with Crippen molar-refractivity contribution in [1.82, 2.24) is 39.0 Å². The number of nitrogens with one attached hydrogen (secondary N) is 2. The summed E-state index contributed by atoms with van der Waals surface area (Å²) in [5, 5.41) is 18.7. The van der Waals surface area contributed by atoms with Gasteiger partial charge in [-0.05, 0) is 91.0 Å². The first-order chi connectivity index (χ1) is 22.2. The molecule has 0 aliphatic rings. The lowest BCUT2D eigenvalue weighted by Gasteiger charge is -2.16. The maximum atomic E-state index is 13.9. The van der Waals surface area contributed by atoms with Crippen LogP contribution in [-0.2, 0) is 0 Å². The predicted octanol–water partition coefficient (Wildman–Crippen LogP) is 7.15. The highest BCUT2D eigenvalue weighted by molar-refractivity contribution is 14.1. The van der Waals surface area contributed by atoms with Crippen LogP contribution in [-0.4, -0.2) is 39.0 Å². The van der Waals surface area contributed by atoms with E-state index in [-0.39, 0.29) is 11.1 Å². The number of halogens is 5. The summed E-state index contributed by atoms with van der Waals surface area (Å²) in [5.41, 5.74) is 2.54. The molecule has 0 amide bonds. The fourth-order valence-electron chi connectivity index (χ4n) is 4.72. The molecule has 2 N–H and O–H groups in total. The van der Waals surface area contributed by atoms with Crippen LogP contribution in [0.3, 0.4) is 0 Å². The molecule has 0 saturated heterocycles. The third kappa shape index (κ3) is 6.63. The summed E-state index contributed by atoms with van der Waals surface area (Å²) in [6.07, 6.45) is 10.3. The standard InChI is InChI=1S/C17H14F2N6.C14H11F2IN4/c1-11(13-9-12(18)3-4-14(13)19)22-16-5-8-25-17(23-16)15(10-21-25)24-7-2-6-20-24;1-8(10-6-9(15)2-3-11(10)16)19-13-4-5-21-14(20-13)12(17)7-18-21/h2-11H,1H3,(H,22,23);2-8H,1H3,(H,19,20)/t11-;8-/m11/s1. The van der Waals surface area contributed by atoms with Gasteiger partial charge in [-0.3, -0.25) is 0 Å². The van der Waals surface area contributed by atoms with Gasteiger partial charge < -0.3 is 10.6 Å². The number of benzene rings is 2. The zero-order chi connectivity index (χ0) is 32.4. The Hall–Kier alpha value is -5.06. The van der Waals surface area contributed by atoms with E-state index in [2.05, 4.69) is 58.5 Å². The van der Waals surface area contributed by atoms with Crippen molar-refractivity contribution in [1.29, 1.82) is 0 Å². The summed E-state index contributed by atoms with van der Waals surface area (Å²) in [4.78, 5) is 8.94. The van der Waals surface area contributed by atoms with Gasteiger partial charge in [0, 0.05) is 35.9 Å². The van der Waals surface area contributed by atoms with Gasteiger partial charge >= 0.3 is 0 Å². The average molecular weight is 741 g/mol. The summed E-state index contributed by atoms with van der Waals surface area (Å²) >= 11 is 2.14. The van der Waals surface area contributed by atoms with E-state index in [4.69, 9.17) is 0 Å². The van der Waals surface area contributed by atoms with Crippen molar-refractivity contribution in [2.75, 3.05) is 10.6 Å². The van der Waals surface area contributed by atoms with E-state index in [1.54, 1.807) is 82.9 Å². The van der Waals surface area contributed by atoms with Gasteiger partial charge in [-0.1, -0.05) is 0 Å². The van der Waals surface area contributed by atoms with Gasteiger partial charge in [-0.25, -0.2) is 41.2 Å². The summed E-state index contributed by atoms with van der Waals surface area (Å²) in [7, 11) is 0. The molecule has 15 heteroatoms. The Kier molecular flexibility index (Phi) is 8.83. The van der Waals surface area contributed by atoms with Crippen molar-refractivity contribution < 1.29 is 17.6 Å². The number of nitrogens with zero attached hydrogens (tertiary/aromatic N) is 8. The van der Waals surface area contributed by atoms with Crippen molar-refractivity contribution in [3.05, 3.63) is 130 Å². The maximum absolute atomic E-state index is 13.9. The van der Waals surface area contributed by atoms with Crippen LogP contribution in [0.2, 0.25) is 0 Å². The minimum Gasteiger partial charge on any atom is -0.363 e. The lowest BCUT2D eigenvalue weighted by Crippen LogP contribution is -2.11. The number of hydrogen-bond acceptors (Lipinski definition) is 7. The molecule has 2 aromatic carbocycles. The molecule has 7 aromatic rings. The molecule has 0 radical (unpaired) electrons. The van der Waals surface area contributed by atoms with E-state index in [9.17, 15) is 17.6 Å². The summed E-state index contributed by atoms with van der Waals surface area (Å²) in [6, 6.07) is 11.2. The highest BCUT2D eigenvalue weighted by atomic mass is 127. The van der Waals surface area contributed by atoms with Crippen LogP contribution in [0.4, 0.5) is 29.2 Å². The molecule has 10 nitrogen and oxygen atoms in total. The second-order valence-corrected chi connectivity index (χ2v) is 11.4. The highest BCUT2D eigenvalue weighted by Crippen LogP contribution is 2.24. The van der Waals surface area contributed by atoms with Crippen LogP contribution >= 0.6 is 22.6 Å². The number of hydrogen-bond donors (Lipinski definition) is 2. The summed E-state index contributed by atoms with van der Waals surface area (Å²) in [6.45, 7) is 3.50. The molecule has 7 rings (SSSR count). The van der Waals surface area contributed by atoms with Gasteiger partial charge in [-0.2, -0.15) is 15.3 Å². The van der Waals surface area contributed by atoms with Gasteiger partial charge in [0.1, 0.15) is 40.6 Å². The first-order valence-electron chi connectivity index (χ1n) is 13.9. The molecule has 0 aliphatic carbocycles. The minimum atomic E-state index is -0.481. The van der Waals surface area contributed by atoms with Crippen molar-refractivity contribution >= 4 is 45.5 Å². The molecule has 46 heavy (non-hydrogen) atoms. The van der Waals surface area contributed by atoms with Gasteiger partial charge in [0.05, 0.1) is 28.0 Å². The van der Waals surface area contributed by atoms with Crippen LogP contribution < -0.4 is 10.6 Å². The van der Waals surface area contributed by atoms with Crippen LogP contribution in [0.5, 0.6) is 0 Å². The van der Waals surface area contributed by atoms with Gasteiger partial charge in [0.15, 0.2) is 11.3 Å². The van der Waals surface area contributed by atoms with Gasteiger partial charge in [0.25, 0.3) is 0 Å². The maximum Gasteiger partial charge on any atom is 0.183 e. The number of rotatable bonds is 7. The Labute approximate surface area is 273 Å². The fourth-order valence-corrected chi connectivity index (χ4v) is 5.22. The van der Waals surface area contributed by atoms with Gasteiger partial charge in [-0.15, -0.1) is 0 Å². The Morgan fingerprint density at radius 3 is 1.78 bits per heavy atom. The molecule has 0 unspecified atom stereocenters. The van der Waals surface area contributed by atoms with E-state index < -0.39 is 35.4 Å². The Balaban J connectivity index is 0.000000164. The Morgan fingerprint density at radius 2 is 1.22 bits per heavy atom. The monoisotopic (exact) mass is 740 g/mol. The molecule has 234 valence electrons. The zero-order valence-electron chi connectivity index (χ0n) is 24.3. The SMILES string of the molecule is C[C@@H](Nc1ccn2ncc(-n3cccn3)c2n1)c1cc(F)ccc1F.C[C@@H](Nc1ccn2ncc(I)c2n1)c1cc(F)ccc1F. The second-order valence-electron chi connectivity index (χ2n) is 10.2. The predicted molar refractivity (Wildman–Crippen MR) is 173 cm³/mol. The zero-order valence-corrected chi connectivity index (χ0v) is 26.4. The molecule has 0 bridgehead atoms. The molecular formula is C31H25F4IN10. The third-order valence-corrected chi connectivity index (χ3v) is 7.77. The second kappa shape index (κ2) is 13.1. The van der Waals surface area contributed by atoms with E-state index in [1.807, 2.05) is 0 Å². The minimum absolute atomic E-state index is 0.238. The molecule has 5 heterocycles. The normalized spacial score (nSPS) is 12.5. The Morgan fingerprint density at radius 1 is 0.674 bits per heavy atom. The van der Waals surface area contributed by atoms with E-state index in [0.29, 0.717) is 22.9 Å². The Bertz CT molecular complexity index is 2130. The highest BCUT2D eigenvalue weighted by Gasteiger charge is 2.15. The number of anilines is 2. The van der Waals surface area contributed by atoms with Crippen LogP contribution in [0.25, 0.3) is 17.0 Å². The van der Waals surface area contributed by atoms with E-state index in [0.717, 1.165) is 33.5 Å². The lowest BCUT2D eigenvalue weighted by molar-refractivity contribution is 0.577. The molecule has 0 aliphatic heterocycles. The molecule has 0 saturated carbocycles. The average Bonchev–Trinajstić information content (AvgIpc) is 3.80. The third-order valence-electron chi connectivity index (χ3n) is 7.01. The topological polar surface area (TPSA) is 102 Å². The molecule has 0 fully saturated rings. The smallest absolute Gasteiger partial charge is 0.183 e. The van der Waals surface area contributed by atoms with Crippen molar-refractivity contribution in [2.24, 2.45) is 0 Å². The first kappa shape index (κ1) is 30.9. The largest absolute Gasteiger partial charge is 0.363 e. The van der Waals surface area contributed by atoms with Gasteiger partial charge in [0.2, 0.25) is 0 Å². The molecule has 0 spiro atoms. The summed E-state index contributed by atoms with van der Waals surface area (Å²) in [5.74, 6) is -0.755. The number of fused-ring (bicyclic) bond motifs is 2. The van der Waals surface area contributed by atoms with E-state index >= 15 is 0 Å². The first-order valence-corrected chi connectivity index (χ1v) is 15.0. The van der Waals surface area contributed by atoms with Crippen molar-refractivity contribution in [2.45, 2.75) is 25.9 Å². The molecule has 2 atom stereocenters. The summed E-state index contributed by atoms with van der Waals surface area (Å²) < 4.78 is 60.2. The molecule has 5 aromatic heterocycles. The fraction of sp³-hybridized carbons (Fsp3) is 0.129. The van der Waals surface area contributed by atoms with Crippen molar-refractivity contribution in [3.63, 3.8) is 0 Å². The molecular weight excluding hydrogens is 715 g/mol. The van der Waals surface area contributed by atoms with Crippen molar-refractivity contribution in [3.8, 4) is 5.69 Å². The van der Waals surface area contributed by atoms with Crippen LogP contribution in [0.15, 0.2) is 91.8 Å². The van der Waals surface area contributed by atoms with E-state index in [1.165, 1.54) is 12.1 Å². The lowest BCUT2D eigenvalue weighted by atomic mass is 10.1.